The Morgan fingerprint density at radius 3 is 2.74 bits per heavy atom. The van der Waals surface area contributed by atoms with E-state index in [0.29, 0.717) is 0 Å². The SMILES string of the molecule is CCCNC(c1ccc(Br)s1)c1cc(C)ccc1F. The molecule has 1 atom stereocenters. The third-order valence-corrected chi connectivity index (χ3v) is 4.63. The van der Waals surface area contributed by atoms with E-state index in [4.69, 9.17) is 0 Å². The zero-order valence-electron chi connectivity index (χ0n) is 11.0. The van der Waals surface area contributed by atoms with Gasteiger partial charge in [0.25, 0.3) is 0 Å². The van der Waals surface area contributed by atoms with Crippen LogP contribution in [-0.4, -0.2) is 6.54 Å². The number of rotatable bonds is 5. The van der Waals surface area contributed by atoms with Gasteiger partial charge in [-0.2, -0.15) is 0 Å². The van der Waals surface area contributed by atoms with Gasteiger partial charge >= 0.3 is 0 Å². The highest BCUT2D eigenvalue weighted by Crippen LogP contribution is 2.32. The quantitative estimate of drug-likeness (QED) is 0.802. The van der Waals surface area contributed by atoms with E-state index in [1.54, 1.807) is 23.5 Å². The minimum Gasteiger partial charge on any atom is -0.306 e. The molecule has 2 rings (SSSR count). The van der Waals surface area contributed by atoms with Gasteiger partial charge < -0.3 is 5.32 Å². The first-order valence-corrected chi connectivity index (χ1v) is 7.97. The molecule has 0 spiro atoms. The number of nitrogens with one attached hydrogen (secondary N) is 1. The monoisotopic (exact) mass is 341 g/mol. The lowest BCUT2D eigenvalue weighted by Gasteiger charge is -2.19. The van der Waals surface area contributed by atoms with E-state index >= 15 is 0 Å². The molecule has 0 saturated carbocycles. The van der Waals surface area contributed by atoms with E-state index in [1.807, 2.05) is 25.1 Å². The van der Waals surface area contributed by atoms with Crippen LogP contribution in [0.2, 0.25) is 0 Å². The van der Waals surface area contributed by atoms with Gasteiger partial charge in [-0.3, -0.25) is 0 Å². The second-order valence-corrected chi connectivity index (χ2v) is 7.05. The fraction of sp³-hybridized carbons (Fsp3) is 0.333. The average Bonchev–Trinajstić information content (AvgIpc) is 2.80. The van der Waals surface area contributed by atoms with Gasteiger partial charge in [-0.15, -0.1) is 11.3 Å². The molecule has 1 unspecified atom stereocenters. The first-order chi connectivity index (χ1) is 9.11. The summed E-state index contributed by atoms with van der Waals surface area (Å²) in [6.45, 7) is 4.97. The number of hydrogen-bond donors (Lipinski definition) is 1. The Balaban J connectivity index is 2.39. The molecular weight excluding hydrogens is 325 g/mol. The van der Waals surface area contributed by atoms with Crippen LogP contribution in [0.5, 0.6) is 0 Å². The minimum atomic E-state index is -0.149. The van der Waals surface area contributed by atoms with Crippen molar-refractivity contribution >= 4 is 27.3 Å². The Morgan fingerprint density at radius 2 is 2.11 bits per heavy atom. The van der Waals surface area contributed by atoms with E-state index in [-0.39, 0.29) is 11.9 Å². The summed E-state index contributed by atoms with van der Waals surface area (Å²) in [5.41, 5.74) is 1.80. The van der Waals surface area contributed by atoms with Crippen molar-refractivity contribution in [2.24, 2.45) is 0 Å². The topological polar surface area (TPSA) is 12.0 Å². The van der Waals surface area contributed by atoms with Crippen LogP contribution in [0.25, 0.3) is 0 Å². The fourth-order valence-corrected chi connectivity index (χ4v) is 3.54. The van der Waals surface area contributed by atoms with Crippen LogP contribution >= 0.6 is 27.3 Å². The van der Waals surface area contributed by atoms with E-state index < -0.39 is 0 Å². The molecule has 2 aromatic rings. The van der Waals surface area contributed by atoms with Gasteiger partial charge in [-0.1, -0.05) is 24.6 Å². The number of hydrogen-bond acceptors (Lipinski definition) is 2. The molecule has 4 heteroatoms. The summed E-state index contributed by atoms with van der Waals surface area (Å²) in [5.74, 6) is -0.149. The molecule has 0 aliphatic rings. The van der Waals surface area contributed by atoms with E-state index in [1.165, 1.54) is 0 Å². The molecule has 0 radical (unpaired) electrons. The van der Waals surface area contributed by atoms with Crippen molar-refractivity contribution in [3.8, 4) is 0 Å². The van der Waals surface area contributed by atoms with E-state index in [9.17, 15) is 4.39 Å². The maximum Gasteiger partial charge on any atom is 0.128 e. The Bertz CT molecular complexity index is 553. The van der Waals surface area contributed by atoms with Crippen molar-refractivity contribution in [2.45, 2.75) is 26.3 Å². The second-order valence-electron chi connectivity index (χ2n) is 4.55. The predicted octanol–water partition coefficient (Wildman–Crippen LogP) is 5.05. The van der Waals surface area contributed by atoms with E-state index in [2.05, 4.69) is 28.2 Å². The summed E-state index contributed by atoms with van der Waals surface area (Å²) in [5, 5.41) is 3.43. The second kappa shape index (κ2) is 6.64. The van der Waals surface area contributed by atoms with Crippen molar-refractivity contribution in [1.29, 1.82) is 0 Å². The molecule has 0 aliphatic heterocycles. The van der Waals surface area contributed by atoms with Gasteiger partial charge in [-0.05, 0) is 54.0 Å². The number of halogens is 2. The molecule has 0 aliphatic carbocycles. The van der Waals surface area contributed by atoms with Crippen molar-refractivity contribution in [3.05, 3.63) is 55.9 Å². The molecule has 1 heterocycles. The highest BCUT2D eigenvalue weighted by Gasteiger charge is 2.19. The van der Waals surface area contributed by atoms with Gasteiger partial charge in [-0.25, -0.2) is 4.39 Å². The molecular formula is C15H17BrFNS. The van der Waals surface area contributed by atoms with Gasteiger partial charge in [0, 0.05) is 10.4 Å². The van der Waals surface area contributed by atoms with E-state index in [0.717, 1.165) is 32.8 Å². The van der Waals surface area contributed by atoms with Crippen molar-refractivity contribution in [1.82, 2.24) is 5.32 Å². The smallest absolute Gasteiger partial charge is 0.128 e. The molecule has 19 heavy (non-hydrogen) atoms. The lowest BCUT2D eigenvalue weighted by Crippen LogP contribution is -2.23. The largest absolute Gasteiger partial charge is 0.306 e. The summed E-state index contributed by atoms with van der Waals surface area (Å²) in [6.07, 6.45) is 1.02. The molecule has 1 N–H and O–H groups in total. The molecule has 0 fully saturated rings. The maximum absolute atomic E-state index is 14.1. The lowest BCUT2D eigenvalue weighted by molar-refractivity contribution is 0.550. The molecule has 1 aromatic heterocycles. The number of aryl methyl sites for hydroxylation is 1. The molecule has 102 valence electrons. The van der Waals surface area contributed by atoms with Crippen molar-refractivity contribution in [3.63, 3.8) is 0 Å². The van der Waals surface area contributed by atoms with Gasteiger partial charge in [0.1, 0.15) is 5.82 Å². The number of benzene rings is 1. The lowest BCUT2D eigenvalue weighted by atomic mass is 10.0. The van der Waals surface area contributed by atoms with Crippen LogP contribution in [0.4, 0.5) is 4.39 Å². The third-order valence-electron chi connectivity index (χ3n) is 2.94. The van der Waals surface area contributed by atoms with Crippen LogP contribution in [-0.2, 0) is 0 Å². The molecule has 0 bridgehead atoms. The average molecular weight is 342 g/mol. The first kappa shape index (κ1) is 14.7. The summed E-state index contributed by atoms with van der Waals surface area (Å²) >= 11 is 5.11. The summed E-state index contributed by atoms with van der Waals surface area (Å²) in [7, 11) is 0. The van der Waals surface area contributed by atoms with Crippen LogP contribution in [0.3, 0.4) is 0 Å². The summed E-state index contributed by atoms with van der Waals surface area (Å²) in [6, 6.07) is 9.26. The third kappa shape index (κ3) is 3.65. The Hall–Kier alpha value is -0.710. The Morgan fingerprint density at radius 1 is 1.32 bits per heavy atom. The summed E-state index contributed by atoms with van der Waals surface area (Å²) < 4.78 is 15.2. The Labute approximate surface area is 126 Å². The van der Waals surface area contributed by atoms with Crippen LogP contribution in [0.1, 0.15) is 35.4 Å². The standard InChI is InChI=1S/C15H17BrFNS/c1-3-8-18-15(13-6-7-14(16)19-13)11-9-10(2)4-5-12(11)17/h4-7,9,15,18H,3,8H2,1-2H3. The van der Waals surface area contributed by atoms with Gasteiger partial charge in [0.15, 0.2) is 0 Å². The normalized spacial score (nSPS) is 12.6. The van der Waals surface area contributed by atoms with Gasteiger partial charge in [0.05, 0.1) is 9.83 Å². The number of thiophene rings is 1. The van der Waals surface area contributed by atoms with Crippen LogP contribution in [0.15, 0.2) is 34.1 Å². The predicted molar refractivity (Wildman–Crippen MR) is 83.3 cm³/mol. The summed E-state index contributed by atoms with van der Waals surface area (Å²) in [4.78, 5) is 1.13. The molecule has 0 saturated heterocycles. The first-order valence-electron chi connectivity index (χ1n) is 6.36. The van der Waals surface area contributed by atoms with Crippen LogP contribution in [0, 0.1) is 12.7 Å². The highest BCUT2D eigenvalue weighted by molar-refractivity contribution is 9.11. The molecule has 0 amide bonds. The fourth-order valence-electron chi connectivity index (χ4n) is 2.02. The van der Waals surface area contributed by atoms with Gasteiger partial charge in [0.2, 0.25) is 0 Å². The van der Waals surface area contributed by atoms with Crippen molar-refractivity contribution in [2.75, 3.05) is 6.54 Å². The Kier molecular flexibility index (Phi) is 5.13. The minimum absolute atomic E-state index is 0.0730. The van der Waals surface area contributed by atoms with Crippen LogP contribution < -0.4 is 5.32 Å². The van der Waals surface area contributed by atoms with Crippen molar-refractivity contribution < 1.29 is 4.39 Å². The zero-order valence-corrected chi connectivity index (χ0v) is 13.4. The maximum atomic E-state index is 14.1. The zero-order chi connectivity index (χ0) is 13.8. The molecule has 1 nitrogen and oxygen atoms in total. The highest BCUT2D eigenvalue weighted by atomic mass is 79.9. The molecule has 1 aromatic carbocycles.